The van der Waals surface area contributed by atoms with E-state index in [1.54, 1.807) is 6.20 Å². The summed E-state index contributed by atoms with van der Waals surface area (Å²) in [7, 11) is 0. The summed E-state index contributed by atoms with van der Waals surface area (Å²) in [4.78, 5) is 17.2. The Balaban J connectivity index is 1.78. The van der Waals surface area contributed by atoms with Gasteiger partial charge >= 0.3 is 0 Å². The molecule has 4 rings (SSSR count). The molecule has 0 atom stereocenters. The first kappa shape index (κ1) is 15.4. The zero-order valence-electron chi connectivity index (χ0n) is 14.4. The van der Waals surface area contributed by atoms with E-state index in [-0.39, 0.29) is 5.91 Å². The Bertz CT molecular complexity index is 1120. The van der Waals surface area contributed by atoms with Crippen molar-refractivity contribution in [2.24, 2.45) is 0 Å². The first-order valence-electron chi connectivity index (χ1n) is 8.20. The number of benzene rings is 2. The summed E-state index contributed by atoms with van der Waals surface area (Å²) in [5, 5.41) is 4.93. The number of hydrogen-bond donors (Lipinski definition) is 1. The van der Waals surface area contributed by atoms with Gasteiger partial charge in [-0.2, -0.15) is 0 Å². The van der Waals surface area contributed by atoms with Gasteiger partial charge in [-0.25, -0.2) is 0 Å². The van der Waals surface area contributed by atoms with Gasteiger partial charge < -0.3 is 9.73 Å². The molecule has 0 saturated carbocycles. The topological polar surface area (TPSA) is 55.1 Å². The maximum absolute atomic E-state index is 12.8. The number of furan rings is 1. The van der Waals surface area contributed by atoms with Gasteiger partial charge in [0.2, 0.25) is 0 Å². The van der Waals surface area contributed by atoms with Crippen LogP contribution in [0.15, 0.2) is 53.1 Å². The van der Waals surface area contributed by atoms with Gasteiger partial charge in [-0.05, 0) is 50.1 Å². The standard InChI is InChI=1S/C21H18N2O2/c1-12-10-13(2)18-14(3)20(25-17(18)11-12)21(24)23-16-8-4-6-15-7-5-9-22-19(15)16/h4-11H,1-3H3,(H,23,24). The van der Waals surface area contributed by atoms with Crippen LogP contribution < -0.4 is 5.32 Å². The van der Waals surface area contributed by atoms with Gasteiger partial charge in [-0.1, -0.05) is 24.3 Å². The van der Waals surface area contributed by atoms with Crippen molar-refractivity contribution >= 4 is 33.5 Å². The highest BCUT2D eigenvalue weighted by Gasteiger charge is 2.20. The fourth-order valence-corrected chi connectivity index (χ4v) is 3.39. The van der Waals surface area contributed by atoms with E-state index in [0.717, 1.165) is 38.6 Å². The molecule has 0 spiro atoms. The first-order chi connectivity index (χ1) is 12.0. The molecule has 0 aliphatic rings. The Kier molecular flexibility index (Phi) is 3.53. The number of pyridine rings is 1. The smallest absolute Gasteiger partial charge is 0.291 e. The molecular weight excluding hydrogens is 312 g/mol. The molecule has 4 heteroatoms. The van der Waals surface area contributed by atoms with Gasteiger partial charge in [-0.3, -0.25) is 9.78 Å². The molecule has 4 nitrogen and oxygen atoms in total. The molecule has 0 fully saturated rings. The van der Waals surface area contributed by atoms with Crippen molar-refractivity contribution in [3.05, 3.63) is 71.1 Å². The minimum absolute atomic E-state index is 0.260. The zero-order valence-corrected chi connectivity index (χ0v) is 14.4. The molecule has 0 radical (unpaired) electrons. The number of fused-ring (bicyclic) bond motifs is 2. The first-order valence-corrected chi connectivity index (χ1v) is 8.20. The number of amides is 1. The predicted molar refractivity (Wildman–Crippen MR) is 100 cm³/mol. The second-order valence-corrected chi connectivity index (χ2v) is 6.35. The molecule has 4 aromatic rings. The third-order valence-electron chi connectivity index (χ3n) is 4.46. The Morgan fingerprint density at radius 2 is 1.88 bits per heavy atom. The number of hydrogen-bond acceptors (Lipinski definition) is 3. The predicted octanol–water partition coefficient (Wildman–Crippen LogP) is 5.16. The summed E-state index contributed by atoms with van der Waals surface area (Å²) >= 11 is 0. The molecule has 124 valence electrons. The summed E-state index contributed by atoms with van der Waals surface area (Å²) < 4.78 is 5.87. The summed E-state index contributed by atoms with van der Waals surface area (Å²) in [6, 6.07) is 13.6. The molecule has 25 heavy (non-hydrogen) atoms. The number of rotatable bonds is 2. The van der Waals surface area contributed by atoms with Gasteiger partial charge in [0.1, 0.15) is 5.58 Å². The summed E-state index contributed by atoms with van der Waals surface area (Å²) in [6.45, 7) is 5.98. The van der Waals surface area contributed by atoms with E-state index < -0.39 is 0 Å². The highest BCUT2D eigenvalue weighted by molar-refractivity contribution is 6.09. The lowest BCUT2D eigenvalue weighted by Gasteiger charge is -2.07. The van der Waals surface area contributed by atoms with Gasteiger partial charge in [0.25, 0.3) is 5.91 Å². The molecule has 1 N–H and O–H groups in total. The lowest BCUT2D eigenvalue weighted by molar-refractivity contribution is 0.0998. The molecule has 2 heterocycles. The summed E-state index contributed by atoms with van der Waals surface area (Å²) in [5.74, 6) is 0.0838. The number of para-hydroxylation sites is 1. The number of aromatic nitrogens is 1. The van der Waals surface area contributed by atoms with E-state index >= 15 is 0 Å². The number of carbonyl (C=O) groups is 1. The number of aryl methyl sites for hydroxylation is 3. The number of nitrogens with zero attached hydrogens (tertiary/aromatic N) is 1. The lowest BCUT2D eigenvalue weighted by Crippen LogP contribution is -2.12. The van der Waals surface area contributed by atoms with Crippen molar-refractivity contribution in [3.63, 3.8) is 0 Å². The van der Waals surface area contributed by atoms with Crippen LogP contribution in [0.3, 0.4) is 0 Å². The van der Waals surface area contributed by atoms with E-state index in [4.69, 9.17) is 4.42 Å². The Morgan fingerprint density at radius 1 is 1.08 bits per heavy atom. The fraction of sp³-hybridized carbons (Fsp3) is 0.143. The van der Waals surface area contributed by atoms with Crippen molar-refractivity contribution < 1.29 is 9.21 Å². The Hall–Kier alpha value is -3.14. The van der Waals surface area contributed by atoms with E-state index in [2.05, 4.69) is 16.4 Å². The molecule has 2 aromatic carbocycles. The quantitative estimate of drug-likeness (QED) is 0.552. The molecule has 0 bridgehead atoms. The van der Waals surface area contributed by atoms with Crippen molar-refractivity contribution in [1.29, 1.82) is 0 Å². The van der Waals surface area contributed by atoms with Crippen LogP contribution in [-0.4, -0.2) is 10.9 Å². The largest absolute Gasteiger partial charge is 0.451 e. The number of anilines is 1. The molecule has 0 aliphatic heterocycles. The van der Waals surface area contributed by atoms with E-state index in [9.17, 15) is 4.79 Å². The van der Waals surface area contributed by atoms with Crippen molar-refractivity contribution in [2.45, 2.75) is 20.8 Å². The van der Waals surface area contributed by atoms with Crippen molar-refractivity contribution in [3.8, 4) is 0 Å². The fourth-order valence-electron chi connectivity index (χ4n) is 3.39. The molecule has 0 saturated heterocycles. The normalized spacial score (nSPS) is 11.2. The monoisotopic (exact) mass is 330 g/mol. The molecule has 0 aliphatic carbocycles. The van der Waals surface area contributed by atoms with E-state index in [1.165, 1.54) is 0 Å². The molecular formula is C21H18N2O2. The van der Waals surface area contributed by atoms with Gasteiger partial charge in [-0.15, -0.1) is 0 Å². The number of nitrogens with one attached hydrogen (secondary N) is 1. The van der Waals surface area contributed by atoms with Crippen molar-refractivity contribution in [2.75, 3.05) is 5.32 Å². The van der Waals surface area contributed by atoms with Crippen LogP contribution in [0.1, 0.15) is 27.2 Å². The second kappa shape index (κ2) is 5.74. The number of carbonyl (C=O) groups excluding carboxylic acids is 1. The molecule has 2 aromatic heterocycles. The van der Waals surface area contributed by atoms with Crippen molar-refractivity contribution in [1.82, 2.24) is 4.98 Å². The average molecular weight is 330 g/mol. The summed E-state index contributed by atoms with van der Waals surface area (Å²) in [5.41, 5.74) is 5.27. The maximum atomic E-state index is 12.8. The minimum atomic E-state index is -0.260. The van der Waals surface area contributed by atoms with Crippen LogP contribution in [0.4, 0.5) is 5.69 Å². The maximum Gasteiger partial charge on any atom is 0.291 e. The average Bonchev–Trinajstić information content (AvgIpc) is 2.92. The third kappa shape index (κ3) is 2.56. The van der Waals surface area contributed by atoms with Gasteiger partial charge in [0, 0.05) is 22.5 Å². The van der Waals surface area contributed by atoms with Crippen LogP contribution in [-0.2, 0) is 0 Å². The summed E-state index contributed by atoms with van der Waals surface area (Å²) in [6.07, 6.45) is 1.72. The molecule has 1 amide bonds. The third-order valence-corrected chi connectivity index (χ3v) is 4.46. The zero-order chi connectivity index (χ0) is 17.6. The second-order valence-electron chi connectivity index (χ2n) is 6.35. The molecule has 0 unspecified atom stereocenters. The minimum Gasteiger partial charge on any atom is -0.451 e. The van der Waals surface area contributed by atoms with E-state index in [0.29, 0.717) is 11.4 Å². The lowest BCUT2D eigenvalue weighted by atomic mass is 10.0. The highest BCUT2D eigenvalue weighted by atomic mass is 16.3. The van der Waals surface area contributed by atoms with E-state index in [1.807, 2.05) is 57.2 Å². The van der Waals surface area contributed by atoms with Gasteiger partial charge in [0.05, 0.1) is 11.2 Å². The SMILES string of the molecule is Cc1cc(C)c2c(C)c(C(=O)Nc3cccc4cccnc34)oc2c1. The highest BCUT2D eigenvalue weighted by Crippen LogP contribution is 2.30. The Labute approximate surface area is 145 Å². The van der Waals surface area contributed by atoms with Gasteiger partial charge in [0.15, 0.2) is 5.76 Å². The van der Waals surface area contributed by atoms with Crippen LogP contribution in [0.2, 0.25) is 0 Å². The van der Waals surface area contributed by atoms with Crippen LogP contribution in [0, 0.1) is 20.8 Å². The van der Waals surface area contributed by atoms with Crippen LogP contribution in [0.5, 0.6) is 0 Å². The Morgan fingerprint density at radius 3 is 2.72 bits per heavy atom. The van der Waals surface area contributed by atoms with Crippen LogP contribution >= 0.6 is 0 Å². The van der Waals surface area contributed by atoms with Crippen LogP contribution in [0.25, 0.3) is 21.9 Å².